The maximum absolute atomic E-state index is 14.9. The number of nitrogens with one attached hydrogen (secondary N) is 1. The molecule has 0 spiro atoms. The Labute approximate surface area is 181 Å². The number of carbonyl (C=O) groups is 2. The first-order chi connectivity index (χ1) is 15.6. The number of nitrogens with zero attached hydrogens (tertiary/aromatic N) is 4. The van der Waals surface area contributed by atoms with Crippen LogP contribution in [0, 0.1) is 5.82 Å². The Balaban J connectivity index is 1.28. The Bertz CT molecular complexity index is 1140. The minimum Gasteiger partial charge on any atom is -0.471 e. The molecule has 5 rings (SSSR count). The lowest BCUT2D eigenvalue weighted by molar-refractivity contribution is 0.102. The topological polar surface area (TPSA) is 110 Å². The molecule has 0 radical (unpaired) electrons. The third-order valence-corrected chi connectivity index (χ3v) is 5.16. The number of anilines is 2. The van der Waals surface area contributed by atoms with Crippen molar-refractivity contribution in [3.8, 4) is 17.0 Å². The van der Waals surface area contributed by atoms with Crippen LogP contribution in [0.2, 0.25) is 0 Å². The van der Waals surface area contributed by atoms with Crippen LogP contribution < -0.4 is 19.9 Å². The Morgan fingerprint density at radius 2 is 2.09 bits per heavy atom. The van der Waals surface area contributed by atoms with Crippen molar-refractivity contribution in [2.24, 2.45) is 0 Å². The number of benzene rings is 1. The van der Waals surface area contributed by atoms with E-state index in [0.717, 1.165) is 0 Å². The predicted molar refractivity (Wildman–Crippen MR) is 110 cm³/mol. The van der Waals surface area contributed by atoms with Gasteiger partial charge >= 0.3 is 12.1 Å². The summed E-state index contributed by atoms with van der Waals surface area (Å²) in [5.41, 5.74) is 1.26. The summed E-state index contributed by atoms with van der Waals surface area (Å²) in [6.45, 7) is 1.40. The predicted octanol–water partition coefficient (Wildman–Crippen LogP) is 2.81. The summed E-state index contributed by atoms with van der Waals surface area (Å²) in [5, 5.41) is 6.33. The fourth-order valence-corrected chi connectivity index (χ4v) is 3.57. The molecule has 32 heavy (non-hydrogen) atoms. The maximum Gasteiger partial charge on any atom is 0.414 e. The lowest BCUT2D eigenvalue weighted by Gasteiger charge is -2.15. The third-order valence-electron chi connectivity index (χ3n) is 5.16. The number of hydrogen-bond donors (Lipinski definition) is 1. The molecule has 0 saturated carbocycles. The molecule has 2 aliphatic heterocycles. The molecule has 2 aliphatic rings. The third kappa shape index (κ3) is 3.80. The van der Waals surface area contributed by atoms with Crippen molar-refractivity contribution in [2.45, 2.75) is 6.10 Å². The molecule has 164 valence electrons. The highest BCUT2D eigenvalue weighted by Gasteiger charge is 2.33. The first-order valence-electron chi connectivity index (χ1n) is 9.91. The van der Waals surface area contributed by atoms with Crippen molar-refractivity contribution in [3.63, 3.8) is 0 Å². The summed E-state index contributed by atoms with van der Waals surface area (Å²) < 4.78 is 30.3. The molecule has 4 heterocycles. The van der Waals surface area contributed by atoms with Gasteiger partial charge in [0, 0.05) is 36.5 Å². The van der Waals surface area contributed by atoms with E-state index >= 15 is 0 Å². The SMILES string of the molecule is O=C1OC(COc2ccon2)CN1c1ccc(-c2ccc(N3CCNC3=O)nc2)c(F)c1. The number of amides is 3. The van der Waals surface area contributed by atoms with Crippen molar-refractivity contribution < 1.29 is 28.0 Å². The summed E-state index contributed by atoms with van der Waals surface area (Å²) >= 11 is 0. The molecule has 0 aliphatic carbocycles. The molecular formula is C21H18FN5O5. The molecule has 10 nitrogen and oxygen atoms in total. The zero-order chi connectivity index (χ0) is 22.1. The largest absolute Gasteiger partial charge is 0.471 e. The van der Waals surface area contributed by atoms with E-state index in [4.69, 9.17) is 9.47 Å². The van der Waals surface area contributed by atoms with Gasteiger partial charge in [0.15, 0.2) is 6.10 Å². The second kappa shape index (κ2) is 8.17. The number of carbonyl (C=O) groups excluding carboxylic acids is 2. The number of pyridine rings is 1. The Morgan fingerprint density at radius 1 is 1.19 bits per heavy atom. The van der Waals surface area contributed by atoms with Crippen molar-refractivity contribution in [1.29, 1.82) is 0 Å². The number of cyclic esters (lactones) is 1. The van der Waals surface area contributed by atoms with Gasteiger partial charge in [-0.3, -0.25) is 9.80 Å². The fourth-order valence-electron chi connectivity index (χ4n) is 3.57. The van der Waals surface area contributed by atoms with Crippen LogP contribution in [-0.2, 0) is 4.74 Å². The van der Waals surface area contributed by atoms with E-state index in [1.165, 1.54) is 28.3 Å². The zero-order valence-electron chi connectivity index (χ0n) is 16.7. The molecule has 1 aromatic carbocycles. The molecular weight excluding hydrogens is 421 g/mol. The smallest absolute Gasteiger partial charge is 0.414 e. The lowest BCUT2D eigenvalue weighted by atomic mass is 10.1. The second-order valence-corrected chi connectivity index (χ2v) is 7.22. The normalized spacial score (nSPS) is 18.1. The van der Waals surface area contributed by atoms with Gasteiger partial charge in [-0.2, -0.15) is 0 Å². The Kier molecular flexibility index (Phi) is 5.06. The average Bonchev–Trinajstić information content (AvgIpc) is 3.54. The molecule has 0 bridgehead atoms. The van der Waals surface area contributed by atoms with Gasteiger partial charge in [0.05, 0.1) is 12.2 Å². The number of urea groups is 1. The van der Waals surface area contributed by atoms with Crippen LogP contribution in [0.1, 0.15) is 0 Å². The van der Waals surface area contributed by atoms with E-state index in [0.29, 0.717) is 41.6 Å². The van der Waals surface area contributed by atoms with Gasteiger partial charge in [0.25, 0.3) is 5.88 Å². The number of hydrogen-bond acceptors (Lipinski definition) is 7. The van der Waals surface area contributed by atoms with E-state index < -0.39 is 18.0 Å². The van der Waals surface area contributed by atoms with E-state index in [1.807, 2.05) is 0 Å². The fraction of sp³-hybridized carbons (Fsp3) is 0.238. The molecule has 2 aromatic heterocycles. The minimum atomic E-state index is -0.583. The van der Waals surface area contributed by atoms with Gasteiger partial charge in [-0.05, 0) is 35.5 Å². The highest BCUT2D eigenvalue weighted by atomic mass is 19.1. The van der Waals surface area contributed by atoms with Crippen LogP contribution in [0.25, 0.3) is 11.1 Å². The second-order valence-electron chi connectivity index (χ2n) is 7.22. The van der Waals surface area contributed by atoms with Gasteiger partial charge in [-0.15, -0.1) is 0 Å². The Hall–Kier alpha value is -4.15. The number of ether oxygens (including phenoxy) is 2. The highest BCUT2D eigenvalue weighted by Crippen LogP contribution is 2.30. The molecule has 1 N–H and O–H groups in total. The van der Waals surface area contributed by atoms with Gasteiger partial charge in [0.2, 0.25) is 0 Å². The summed E-state index contributed by atoms with van der Waals surface area (Å²) in [4.78, 5) is 31.1. The monoisotopic (exact) mass is 439 g/mol. The maximum atomic E-state index is 14.9. The number of aromatic nitrogens is 2. The summed E-state index contributed by atoms with van der Waals surface area (Å²) in [6.07, 6.45) is 1.78. The number of rotatable bonds is 6. The van der Waals surface area contributed by atoms with Crippen LogP contribution in [0.5, 0.6) is 5.88 Å². The van der Waals surface area contributed by atoms with Crippen LogP contribution in [0.3, 0.4) is 0 Å². The van der Waals surface area contributed by atoms with Crippen LogP contribution in [0.15, 0.2) is 53.4 Å². The van der Waals surface area contributed by atoms with Crippen molar-refractivity contribution in [1.82, 2.24) is 15.5 Å². The molecule has 1 unspecified atom stereocenters. The van der Waals surface area contributed by atoms with Gasteiger partial charge < -0.3 is 19.3 Å². The quantitative estimate of drug-likeness (QED) is 0.629. The van der Waals surface area contributed by atoms with Gasteiger partial charge in [0.1, 0.15) is 24.5 Å². The first kappa shape index (κ1) is 19.8. The highest BCUT2D eigenvalue weighted by molar-refractivity contribution is 5.93. The van der Waals surface area contributed by atoms with Crippen molar-refractivity contribution in [2.75, 3.05) is 36.0 Å². The molecule has 3 amide bonds. The molecule has 1 atom stereocenters. The van der Waals surface area contributed by atoms with E-state index in [1.54, 1.807) is 30.3 Å². The van der Waals surface area contributed by atoms with Crippen molar-refractivity contribution in [3.05, 3.63) is 54.7 Å². The van der Waals surface area contributed by atoms with E-state index in [9.17, 15) is 14.0 Å². The van der Waals surface area contributed by atoms with E-state index in [2.05, 4.69) is 20.0 Å². The summed E-state index contributed by atoms with van der Waals surface area (Å²) in [7, 11) is 0. The number of halogens is 1. The molecule has 11 heteroatoms. The molecule has 2 fully saturated rings. The lowest BCUT2D eigenvalue weighted by Crippen LogP contribution is -2.28. The van der Waals surface area contributed by atoms with Crippen LogP contribution in [-0.4, -0.2) is 54.6 Å². The van der Waals surface area contributed by atoms with Gasteiger partial charge in [-0.25, -0.2) is 19.0 Å². The minimum absolute atomic E-state index is 0.0996. The zero-order valence-corrected chi connectivity index (χ0v) is 16.7. The van der Waals surface area contributed by atoms with E-state index in [-0.39, 0.29) is 19.2 Å². The first-order valence-corrected chi connectivity index (χ1v) is 9.91. The Morgan fingerprint density at radius 3 is 2.78 bits per heavy atom. The molecule has 3 aromatic rings. The van der Waals surface area contributed by atoms with Crippen molar-refractivity contribution >= 4 is 23.6 Å². The standard InChI is InChI=1S/C21H18FN5O5/c22-17-9-14(27-11-15(32-21(27)29)12-30-19-5-8-31-25-19)2-3-16(17)13-1-4-18(24-10-13)26-7-6-23-20(26)28/h1-5,8-10,15H,6-7,11-12H2,(H,23,28). The van der Waals surface area contributed by atoms with Crippen LogP contribution in [0.4, 0.5) is 25.5 Å². The summed E-state index contributed by atoms with van der Waals surface area (Å²) in [6, 6.07) is 9.21. The molecule has 2 saturated heterocycles. The summed E-state index contributed by atoms with van der Waals surface area (Å²) in [5.74, 6) is 0.283. The average molecular weight is 439 g/mol. The van der Waals surface area contributed by atoms with Crippen LogP contribution >= 0.6 is 0 Å². The van der Waals surface area contributed by atoms with Gasteiger partial charge in [-0.1, -0.05) is 0 Å².